The topological polar surface area (TPSA) is 116 Å². The molecule has 2 atom stereocenters. The smallest absolute Gasteiger partial charge is 0.325 e. The van der Waals surface area contributed by atoms with E-state index in [1.807, 2.05) is 37.3 Å². The predicted octanol–water partition coefficient (Wildman–Crippen LogP) is 2.58. The Kier molecular flexibility index (Phi) is 6.02. The first-order valence-corrected chi connectivity index (χ1v) is 14.1. The van der Waals surface area contributed by atoms with E-state index in [-0.39, 0.29) is 18.5 Å². The van der Waals surface area contributed by atoms with Crippen LogP contribution in [-0.2, 0) is 38.1 Å². The molecule has 10 heteroatoms. The van der Waals surface area contributed by atoms with E-state index in [0.29, 0.717) is 36.6 Å². The number of sulfonamides is 1. The number of nitrogens with zero attached hydrogens (tertiary/aromatic N) is 2. The highest BCUT2D eigenvalue weighted by Crippen LogP contribution is 2.42. The molecule has 0 bridgehead atoms. The van der Waals surface area contributed by atoms with Crippen LogP contribution in [0.15, 0.2) is 48.5 Å². The first kappa shape index (κ1) is 24.3. The largest absolute Gasteiger partial charge is 0.334 e. The van der Waals surface area contributed by atoms with Crippen LogP contribution in [0, 0.1) is 5.92 Å². The van der Waals surface area contributed by atoms with Crippen molar-refractivity contribution in [2.75, 3.05) is 17.5 Å². The fraction of sp³-hybridized carbons (Fsp3) is 0.423. The number of carbonyl (C=O) groups is 3. The molecule has 5 rings (SSSR count). The maximum atomic E-state index is 13.6. The molecule has 36 heavy (non-hydrogen) atoms. The van der Waals surface area contributed by atoms with Crippen LogP contribution >= 0.6 is 0 Å². The number of hydrogen-bond acceptors (Lipinski definition) is 5. The van der Waals surface area contributed by atoms with Crippen LogP contribution in [0.25, 0.3) is 0 Å². The van der Waals surface area contributed by atoms with Crippen molar-refractivity contribution in [3.63, 3.8) is 0 Å². The number of rotatable bonds is 8. The predicted molar refractivity (Wildman–Crippen MR) is 134 cm³/mol. The highest BCUT2D eigenvalue weighted by atomic mass is 32.2. The van der Waals surface area contributed by atoms with Gasteiger partial charge in [-0.1, -0.05) is 36.4 Å². The van der Waals surface area contributed by atoms with Crippen molar-refractivity contribution in [2.24, 2.45) is 5.92 Å². The second-order valence-corrected chi connectivity index (χ2v) is 11.8. The van der Waals surface area contributed by atoms with Crippen LogP contribution in [0.5, 0.6) is 0 Å². The Hall–Kier alpha value is -3.40. The second kappa shape index (κ2) is 8.92. The van der Waals surface area contributed by atoms with Gasteiger partial charge in [-0.15, -0.1) is 0 Å². The van der Waals surface area contributed by atoms with Crippen molar-refractivity contribution in [2.45, 2.75) is 50.7 Å². The van der Waals surface area contributed by atoms with Gasteiger partial charge >= 0.3 is 6.03 Å². The van der Waals surface area contributed by atoms with E-state index < -0.39 is 27.5 Å². The number of imide groups is 1. The molecule has 0 aromatic heterocycles. The molecule has 1 heterocycles. The highest BCUT2D eigenvalue weighted by molar-refractivity contribution is 7.92. The summed E-state index contributed by atoms with van der Waals surface area (Å²) in [5.41, 5.74) is 1.60. The number of carbonyl (C=O) groups excluding carboxylic acids is 3. The highest BCUT2D eigenvalue weighted by Gasteiger charge is 2.56. The maximum absolute atomic E-state index is 13.6. The van der Waals surface area contributed by atoms with Crippen LogP contribution in [0.4, 0.5) is 10.5 Å². The van der Waals surface area contributed by atoms with Gasteiger partial charge in [-0.25, -0.2) is 13.2 Å². The Morgan fingerprint density at radius 2 is 1.92 bits per heavy atom. The van der Waals surface area contributed by atoms with E-state index in [0.717, 1.165) is 35.1 Å². The van der Waals surface area contributed by atoms with Gasteiger partial charge in [0.1, 0.15) is 12.1 Å². The maximum Gasteiger partial charge on any atom is 0.325 e. The number of benzene rings is 2. The monoisotopic (exact) mass is 510 g/mol. The van der Waals surface area contributed by atoms with Gasteiger partial charge in [-0.05, 0) is 67.3 Å². The molecular weight excluding hydrogens is 480 g/mol. The molecular formula is C26H30N4O5S. The molecule has 2 aromatic carbocycles. The molecule has 1 unspecified atom stereocenters. The molecule has 0 radical (unpaired) electrons. The van der Waals surface area contributed by atoms with E-state index in [9.17, 15) is 22.8 Å². The number of hydrogen-bond donors (Lipinski definition) is 2. The average molecular weight is 511 g/mol. The third kappa shape index (κ3) is 4.57. The zero-order chi connectivity index (χ0) is 25.7. The standard InChI is InChI=1S/C26H30N4O5S/c1-17(19-8-9-19)29(15-18-6-4-3-5-7-18)23(31)16-30-24(32)26(27-25(30)33)13-12-20-14-21(10-11-22(20)26)28-36(2,34)35/h3-7,10-11,14,17,19,28H,8-9,12-13,15-16H2,1-2H3,(H,27,33)/t17-,26?/m0/s1. The van der Waals surface area contributed by atoms with Crippen molar-refractivity contribution >= 4 is 33.6 Å². The molecule has 190 valence electrons. The van der Waals surface area contributed by atoms with Gasteiger partial charge in [0, 0.05) is 18.3 Å². The summed E-state index contributed by atoms with van der Waals surface area (Å²) < 4.78 is 25.6. The van der Waals surface area contributed by atoms with Crippen LogP contribution in [-0.4, -0.2) is 54.9 Å². The fourth-order valence-corrected chi connectivity index (χ4v) is 5.93. The van der Waals surface area contributed by atoms with Gasteiger partial charge < -0.3 is 10.2 Å². The third-order valence-corrected chi connectivity index (χ3v) is 8.03. The van der Waals surface area contributed by atoms with E-state index >= 15 is 0 Å². The normalized spacial score (nSPS) is 21.9. The quantitative estimate of drug-likeness (QED) is 0.530. The van der Waals surface area contributed by atoms with Gasteiger partial charge in [0.15, 0.2) is 0 Å². The summed E-state index contributed by atoms with van der Waals surface area (Å²) in [5.74, 6) is -0.268. The van der Waals surface area contributed by atoms with Crippen LogP contribution < -0.4 is 10.0 Å². The summed E-state index contributed by atoms with van der Waals surface area (Å²) in [6, 6.07) is 14.1. The van der Waals surface area contributed by atoms with E-state index in [1.54, 1.807) is 23.1 Å². The lowest BCUT2D eigenvalue weighted by Gasteiger charge is -2.31. The first-order chi connectivity index (χ1) is 17.1. The Morgan fingerprint density at radius 1 is 1.19 bits per heavy atom. The molecule has 9 nitrogen and oxygen atoms in total. The molecule has 1 spiro atoms. The summed E-state index contributed by atoms with van der Waals surface area (Å²) in [4.78, 5) is 42.9. The minimum Gasteiger partial charge on any atom is -0.334 e. The van der Waals surface area contributed by atoms with Gasteiger partial charge in [0.05, 0.1) is 6.26 Å². The molecule has 2 fully saturated rings. The Balaban J connectivity index is 1.36. The zero-order valence-corrected chi connectivity index (χ0v) is 21.2. The number of fused-ring (bicyclic) bond motifs is 2. The molecule has 2 aliphatic carbocycles. The van der Waals surface area contributed by atoms with Gasteiger partial charge in [0.25, 0.3) is 5.91 Å². The minimum atomic E-state index is -3.44. The number of amides is 4. The average Bonchev–Trinajstić information content (AvgIpc) is 3.58. The number of nitrogens with one attached hydrogen (secondary N) is 2. The lowest BCUT2D eigenvalue weighted by Crippen LogP contribution is -2.47. The van der Waals surface area contributed by atoms with Crippen LogP contribution in [0.2, 0.25) is 0 Å². The number of aryl methyl sites for hydroxylation is 1. The summed E-state index contributed by atoms with van der Waals surface area (Å²) in [5, 5.41) is 2.84. The summed E-state index contributed by atoms with van der Waals surface area (Å²) in [6.45, 7) is 2.13. The van der Waals surface area contributed by atoms with Crippen molar-refractivity contribution < 1.29 is 22.8 Å². The summed E-state index contributed by atoms with van der Waals surface area (Å²) >= 11 is 0. The lowest BCUT2D eigenvalue weighted by atomic mass is 9.91. The Labute approximate surface area is 210 Å². The van der Waals surface area contributed by atoms with Crippen LogP contribution in [0.1, 0.15) is 42.9 Å². The first-order valence-electron chi connectivity index (χ1n) is 12.2. The zero-order valence-electron chi connectivity index (χ0n) is 20.4. The SMILES string of the molecule is C[C@@H](C1CC1)N(Cc1ccccc1)C(=O)CN1C(=O)NC2(CCc3cc(NS(C)(=O)=O)ccc32)C1=O. The molecule has 1 saturated carbocycles. The molecule has 2 aromatic rings. The molecule has 2 N–H and O–H groups in total. The molecule has 1 aliphatic heterocycles. The number of anilines is 1. The Bertz CT molecular complexity index is 1330. The van der Waals surface area contributed by atoms with Crippen molar-refractivity contribution in [3.05, 3.63) is 65.2 Å². The third-order valence-electron chi connectivity index (χ3n) is 7.42. The van der Waals surface area contributed by atoms with Crippen molar-refractivity contribution in [1.29, 1.82) is 0 Å². The molecule has 4 amide bonds. The van der Waals surface area contributed by atoms with Crippen LogP contribution in [0.3, 0.4) is 0 Å². The number of urea groups is 1. The summed E-state index contributed by atoms with van der Waals surface area (Å²) in [7, 11) is -3.44. The van der Waals surface area contributed by atoms with Crippen molar-refractivity contribution in [1.82, 2.24) is 15.1 Å². The molecule has 3 aliphatic rings. The van der Waals surface area contributed by atoms with E-state index in [1.165, 1.54) is 0 Å². The summed E-state index contributed by atoms with van der Waals surface area (Å²) in [6.07, 6.45) is 4.06. The van der Waals surface area contributed by atoms with Gasteiger partial charge in [0.2, 0.25) is 15.9 Å². The van der Waals surface area contributed by atoms with E-state index in [4.69, 9.17) is 0 Å². The second-order valence-electron chi connectivity index (χ2n) is 10.1. The molecule has 1 saturated heterocycles. The minimum absolute atomic E-state index is 0.0143. The fourth-order valence-electron chi connectivity index (χ4n) is 5.37. The van der Waals surface area contributed by atoms with Gasteiger partial charge in [-0.3, -0.25) is 19.2 Å². The van der Waals surface area contributed by atoms with Crippen molar-refractivity contribution in [3.8, 4) is 0 Å². The lowest BCUT2D eigenvalue weighted by molar-refractivity contribution is -0.141. The van der Waals surface area contributed by atoms with E-state index in [2.05, 4.69) is 10.0 Å². The Morgan fingerprint density at radius 3 is 2.58 bits per heavy atom. The van der Waals surface area contributed by atoms with Gasteiger partial charge in [-0.2, -0.15) is 0 Å².